The molecule has 0 fully saturated rings. The number of benzene rings is 1. The highest BCUT2D eigenvalue weighted by Gasteiger charge is 2.20. The molecule has 20 heavy (non-hydrogen) atoms. The van der Waals surface area contributed by atoms with Crippen LogP contribution in [0.25, 0.3) is 0 Å². The number of anilines is 1. The number of nitrogens with two attached hydrogens (primary N) is 1. The first-order valence-electron chi connectivity index (χ1n) is 6.22. The van der Waals surface area contributed by atoms with Gasteiger partial charge in [-0.05, 0) is 24.1 Å². The Balaban J connectivity index is 3.01. The summed E-state index contributed by atoms with van der Waals surface area (Å²) in [4.78, 5) is 12.1. The van der Waals surface area contributed by atoms with Gasteiger partial charge in [0.1, 0.15) is 0 Å². The molecule has 0 heterocycles. The summed E-state index contributed by atoms with van der Waals surface area (Å²) in [5, 5.41) is 2.84. The minimum atomic E-state index is -3.36. The average Bonchev–Trinajstić information content (AvgIpc) is 2.38. The van der Waals surface area contributed by atoms with Crippen molar-refractivity contribution in [3.8, 4) is 0 Å². The monoisotopic (exact) mass is 318 g/mol. The summed E-state index contributed by atoms with van der Waals surface area (Å²) >= 11 is 5.96. The lowest BCUT2D eigenvalue weighted by molar-refractivity contribution is -0.118. The number of carbonyl (C=O) groups excluding carboxylic acids is 1. The van der Waals surface area contributed by atoms with Gasteiger partial charge >= 0.3 is 0 Å². The van der Waals surface area contributed by atoms with Gasteiger partial charge in [-0.1, -0.05) is 31.9 Å². The van der Waals surface area contributed by atoms with Gasteiger partial charge in [-0.3, -0.25) is 4.79 Å². The standard InChI is InChI=1S/C13H19ClN2O3S/c1-4-8(2)12(15)13(17)16-11-7-9(20(3,18)19)5-6-10(11)14/h5-8,12H,4,15H2,1-3H3,(H,16,17)/t8-,12-/m0/s1. The number of hydrogen-bond acceptors (Lipinski definition) is 4. The number of halogens is 1. The summed E-state index contributed by atoms with van der Waals surface area (Å²) in [5.41, 5.74) is 6.07. The van der Waals surface area contributed by atoms with Gasteiger partial charge in [0.15, 0.2) is 9.84 Å². The summed E-state index contributed by atoms with van der Waals surface area (Å²) < 4.78 is 23.0. The Morgan fingerprint density at radius 1 is 1.45 bits per heavy atom. The summed E-state index contributed by atoms with van der Waals surface area (Å²) in [7, 11) is -3.36. The molecule has 0 unspecified atom stereocenters. The van der Waals surface area contributed by atoms with Gasteiger partial charge < -0.3 is 11.1 Å². The Kier molecular flexibility index (Phi) is 5.56. The minimum Gasteiger partial charge on any atom is -0.323 e. The van der Waals surface area contributed by atoms with Crippen molar-refractivity contribution in [1.29, 1.82) is 0 Å². The molecule has 1 rings (SSSR count). The van der Waals surface area contributed by atoms with Crippen molar-refractivity contribution < 1.29 is 13.2 Å². The Hall–Kier alpha value is -1.11. The second kappa shape index (κ2) is 6.56. The van der Waals surface area contributed by atoms with Crippen molar-refractivity contribution in [3.63, 3.8) is 0 Å². The van der Waals surface area contributed by atoms with E-state index in [-0.39, 0.29) is 27.4 Å². The van der Waals surface area contributed by atoms with E-state index in [0.29, 0.717) is 0 Å². The van der Waals surface area contributed by atoms with Crippen molar-refractivity contribution in [1.82, 2.24) is 0 Å². The topological polar surface area (TPSA) is 89.3 Å². The number of nitrogens with one attached hydrogen (secondary N) is 1. The fraction of sp³-hybridized carbons (Fsp3) is 0.462. The fourth-order valence-corrected chi connectivity index (χ4v) is 2.37. The SMILES string of the molecule is CC[C@H](C)[C@H](N)C(=O)Nc1cc(S(C)(=O)=O)ccc1Cl. The molecule has 0 bridgehead atoms. The van der Waals surface area contributed by atoms with Crippen LogP contribution >= 0.6 is 11.6 Å². The molecule has 1 amide bonds. The summed E-state index contributed by atoms with van der Waals surface area (Å²) in [6.07, 6.45) is 1.86. The lowest BCUT2D eigenvalue weighted by Crippen LogP contribution is -2.40. The Labute approximate surface area is 124 Å². The molecule has 112 valence electrons. The van der Waals surface area contributed by atoms with Crippen LogP contribution in [0.15, 0.2) is 23.1 Å². The van der Waals surface area contributed by atoms with Crippen LogP contribution in [-0.4, -0.2) is 26.6 Å². The molecule has 0 aromatic heterocycles. The maximum atomic E-state index is 12.0. The first kappa shape index (κ1) is 16.9. The summed E-state index contributed by atoms with van der Waals surface area (Å²) in [6, 6.07) is 3.49. The number of rotatable bonds is 5. The third kappa shape index (κ3) is 4.19. The van der Waals surface area contributed by atoms with Gasteiger partial charge in [-0.2, -0.15) is 0 Å². The fourth-order valence-electron chi connectivity index (χ4n) is 1.56. The molecule has 0 aliphatic carbocycles. The largest absolute Gasteiger partial charge is 0.323 e. The number of amides is 1. The van der Waals surface area contributed by atoms with Gasteiger partial charge in [-0.25, -0.2) is 8.42 Å². The van der Waals surface area contributed by atoms with Gasteiger partial charge in [0.25, 0.3) is 0 Å². The van der Waals surface area contributed by atoms with Gasteiger partial charge in [-0.15, -0.1) is 0 Å². The number of carbonyl (C=O) groups is 1. The van der Waals surface area contributed by atoms with Gasteiger partial charge in [0.05, 0.1) is 21.6 Å². The molecular formula is C13H19ClN2O3S. The molecular weight excluding hydrogens is 300 g/mol. The molecule has 0 spiro atoms. The van der Waals surface area contributed by atoms with E-state index in [1.54, 1.807) is 0 Å². The van der Waals surface area contributed by atoms with Crippen molar-refractivity contribution in [2.75, 3.05) is 11.6 Å². The minimum absolute atomic E-state index is 0.0202. The molecule has 3 N–H and O–H groups in total. The highest BCUT2D eigenvalue weighted by molar-refractivity contribution is 7.90. The lowest BCUT2D eigenvalue weighted by Gasteiger charge is -2.18. The molecule has 0 radical (unpaired) electrons. The smallest absolute Gasteiger partial charge is 0.241 e. The predicted octanol–water partition coefficient (Wildman–Crippen LogP) is 2.06. The van der Waals surface area contributed by atoms with E-state index in [1.807, 2.05) is 13.8 Å². The Morgan fingerprint density at radius 3 is 2.55 bits per heavy atom. The van der Waals surface area contributed by atoms with Gasteiger partial charge in [0, 0.05) is 6.26 Å². The zero-order chi connectivity index (χ0) is 15.5. The van der Waals surface area contributed by atoms with E-state index in [1.165, 1.54) is 18.2 Å². The number of hydrogen-bond donors (Lipinski definition) is 2. The van der Waals surface area contributed by atoms with Crippen LogP contribution < -0.4 is 11.1 Å². The summed E-state index contributed by atoms with van der Waals surface area (Å²) in [6.45, 7) is 3.81. The van der Waals surface area contributed by atoms with E-state index in [2.05, 4.69) is 5.32 Å². The molecule has 0 aliphatic rings. The zero-order valence-electron chi connectivity index (χ0n) is 11.7. The van der Waals surface area contributed by atoms with Crippen molar-refractivity contribution >= 4 is 33.0 Å². The quantitative estimate of drug-likeness (QED) is 0.869. The predicted molar refractivity (Wildman–Crippen MR) is 80.6 cm³/mol. The highest BCUT2D eigenvalue weighted by atomic mass is 35.5. The molecule has 0 saturated heterocycles. The average molecular weight is 319 g/mol. The molecule has 0 aliphatic heterocycles. The maximum absolute atomic E-state index is 12.0. The van der Waals surface area contributed by atoms with Crippen LogP contribution in [0.3, 0.4) is 0 Å². The first-order chi connectivity index (χ1) is 9.16. The van der Waals surface area contributed by atoms with E-state index in [0.717, 1.165) is 12.7 Å². The second-order valence-electron chi connectivity index (χ2n) is 4.81. The second-order valence-corrected chi connectivity index (χ2v) is 7.24. The molecule has 2 atom stereocenters. The molecule has 0 saturated carbocycles. The van der Waals surface area contributed by atoms with Crippen LogP contribution in [0.5, 0.6) is 0 Å². The third-order valence-corrected chi connectivity index (χ3v) is 4.62. The van der Waals surface area contributed by atoms with E-state index < -0.39 is 15.9 Å². The molecule has 5 nitrogen and oxygen atoms in total. The van der Waals surface area contributed by atoms with Crippen LogP contribution in [0.4, 0.5) is 5.69 Å². The van der Waals surface area contributed by atoms with Crippen molar-refractivity contribution in [2.45, 2.75) is 31.2 Å². The summed E-state index contributed by atoms with van der Waals surface area (Å²) in [5.74, 6) is -0.362. The molecule has 1 aromatic carbocycles. The lowest BCUT2D eigenvalue weighted by atomic mass is 9.99. The van der Waals surface area contributed by atoms with E-state index in [9.17, 15) is 13.2 Å². The first-order valence-corrected chi connectivity index (χ1v) is 8.49. The van der Waals surface area contributed by atoms with E-state index in [4.69, 9.17) is 17.3 Å². The third-order valence-electron chi connectivity index (χ3n) is 3.18. The van der Waals surface area contributed by atoms with Crippen LogP contribution in [0.1, 0.15) is 20.3 Å². The van der Waals surface area contributed by atoms with Crippen LogP contribution in [0, 0.1) is 5.92 Å². The molecule has 1 aromatic rings. The zero-order valence-corrected chi connectivity index (χ0v) is 13.3. The maximum Gasteiger partial charge on any atom is 0.241 e. The van der Waals surface area contributed by atoms with Crippen molar-refractivity contribution in [3.05, 3.63) is 23.2 Å². The molecule has 7 heteroatoms. The van der Waals surface area contributed by atoms with Gasteiger partial charge in [0.2, 0.25) is 5.91 Å². The van der Waals surface area contributed by atoms with E-state index >= 15 is 0 Å². The van der Waals surface area contributed by atoms with Crippen LogP contribution in [0.2, 0.25) is 5.02 Å². The normalized spacial score (nSPS) is 14.7. The van der Waals surface area contributed by atoms with Crippen molar-refractivity contribution in [2.24, 2.45) is 11.7 Å². The van der Waals surface area contributed by atoms with Crippen LogP contribution in [-0.2, 0) is 14.6 Å². The Morgan fingerprint density at radius 2 is 2.05 bits per heavy atom. The highest BCUT2D eigenvalue weighted by Crippen LogP contribution is 2.25. The Bertz CT molecular complexity index is 602. The number of sulfone groups is 1.